The van der Waals surface area contributed by atoms with Crippen LogP contribution in [0.3, 0.4) is 0 Å². The summed E-state index contributed by atoms with van der Waals surface area (Å²) in [5.74, 6) is 1.98. The van der Waals surface area contributed by atoms with Gasteiger partial charge in [0.1, 0.15) is 0 Å². The molecule has 0 saturated carbocycles. The summed E-state index contributed by atoms with van der Waals surface area (Å²) in [7, 11) is -0.176. The molecule has 0 amide bonds. The Bertz CT molecular complexity index is 193. The van der Waals surface area contributed by atoms with Crippen molar-refractivity contribution in [3.63, 3.8) is 0 Å². The largest absolute Gasteiger partial charge is 0.486 e. The summed E-state index contributed by atoms with van der Waals surface area (Å²) in [6.45, 7) is 10.3. The van der Waals surface area contributed by atoms with Crippen LogP contribution < -0.4 is 0 Å². The Morgan fingerprint density at radius 3 is 1.92 bits per heavy atom. The molecule has 0 aromatic heterocycles. The summed E-state index contributed by atoms with van der Waals surface area (Å²) in [5.41, 5.74) is -0.425. The molecular formula is C10H19BO2. The lowest BCUT2D eigenvalue weighted by Crippen LogP contribution is -2.41. The van der Waals surface area contributed by atoms with Crippen molar-refractivity contribution in [3.05, 3.63) is 12.1 Å². The van der Waals surface area contributed by atoms with Gasteiger partial charge in [0.25, 0.3) is 0 Å². The first kappa shape index (κ1) is 10.8. The highest BCUT2D eigenvalue weighted by atomic mass is 16.7. The van der Waals surface area contributed by atoms with E-state index < -0.39 is 0 Å². The minimum atomic E-state index is -0.213. The third-order valence-corrected chi connectivity index (χ3v) is 2.80. The molecule has 1 rings (SSSR count). The zero-order valence-corrected chi connectivity index (χ0v) is 9.26. The molecule has 13 heavy (non-hydrogen) atoms. The fourth-order valence-corrected chi connectivity index (χ4v) is 1.21. The van der Waals surface area contributed by atoms with Crippen molar-refractivity contribution in [1.82, 2.24) is 0 Å². The van der Waals surface area contributed by atoms with Crippen LogP contribution in [0.15, 0.2) is 12.1 Å². The molecule has 0 radical (unpaired) electrons. The minimum absolute atomic E-state index is 0.176. The molecule has 0 atom stereocenters. The monoisotopic (exact) mass is 182 g/mol. The van der Waals surface area contributed by atoms with Gasteiger partial charge in [0, 0.05) is 0 Å². The first-order valence-electron chi connectivity index (χ1n) is 4.91. The number of hydrogen-bond acceptors (Lipinski definition) is 2. The highest BCUT2D eigenvalue weighted by Gasteiger charge is 2.49. The Balaban J connectivity index is 2.65. The summed E-state index contributed by atoms with van der Waals surface area (Å²) in [6.07, 6.45) is 3.09. The van der Waals surface area contributed by atoms with Crippen molar-refractivity contribution in [3.8, 4) is 0 Å². The van der Waals surface area contributed by atoms with Gasteiger partial charge in [-0.15, -0.1) is 0 Å². The summed E-state index contributed by atoms with van der Waals surface area (Å²) >= 11 is 0. The molecule has 3 heteroatoms. The highest BCUT2D eigenvalue weighted by molar-refractivity contribution is 6.51. The fraction of sp³-hybridized carbons (Fsp3) is 0.800. The third-order valence-electron chi connectivity index (χ3n) is 2.80. The van der Waals surface area contributed by atoms with Crippen molar-refractivity contribution in [2.45, 2.75) is 52.2 Å². The third kappa shape index (κ3) is 2.15. The summed E-state index contributed by atoms with van der Waals surface area (Å²) in [4.78, 5) is 0. The predicted molar refractivity (Wildman–Crippen MR) is 55.5 cm³/mol. The molecule has 0 aromatic rings. The molecule has 0 N–H and O–H groups in total. The minimum Gasteiger partial charge on any atom is -0.400 e. The molecule has 1 saturated heterocycles. The van der Waals surface area contributed by atoms with Gasteiger partial charge in [0.15, 0.2) is 0 Å². The van der Waals surface area contributed by atoms with Crippen LogP contribution in [-0.2, 0) is 9.31 Å². The molecule has 1 fully saturated rings. The maximum Gasteiger partial charge on any atom is 0.486 e. The second kappa shape index (κ2) is 3.47. The maximum atomic E-state index is 5.76. The lowest BCUT2D eigenvalue weighted by Gasteiger charge is -2.32. The molecular weight excluding hydrogens is 163 g/mol. The molecule has 0 aromatic carbocycles. The van der Waals surface area contributed by atoms with Gasteiger partial charge < -0.3 is 9.31 Å². The zero-order chi connectivity index (χ0) is 10.1. The van der Waals surface area contributed by atoms with E-state index in [1.54, 1.807) is 0 Å². The summed E-state index contributed by atoms with van der Waals surface area (Å²) in [5, 5.41) is 0. The molecule has 1 aliphatic heterocycles. The average Bonchev–Trinajstić information content (AvgIpc) is 2.17. The van der Waals surface area contributed by atoms with Gasteiger partial charge in [-0.05, 0) is 34.1 Å². The summed E-state index contributed by atoms with van der Waals surface area (Å²) in [6, 6.07) is 0. The predicted octanol–water partition coefficient (Wildman–Crippen LogP) is 2.58. The van der Waals surface area contributed by atoms with Gasteiger partial charge >= 0.3 is 7.12 Å². The lowest BCUT2D eigenvalue weighted by atomic mass is 9.90. The van der Waals surface area contributed by atoms with Crippen LogP contribution in [-0.4, -0.2) is 18.3 Å². The van der Waals surface area contributed by atoms with Crippen LogP contribution in [0.25, 0.3) is 0 Å². The van der Waals surface area contributed by atoms with Gasteiger partial charge in [-0.3, -0.25) is 0 Å². The van der Waals surface area contributed by atoms with Crippen molar-refractivity contribution in [1.29, 1.82) is 0 Å². The van der Waals surface area contributed by atoms with Crippen molar-refractivity contribution < 1.29 is 9.31 Å². The van der Waals surface area contributed by atoms with Gasteiger partial charge in [-0.2, -0.15) is 0 Å². The first-order chi connectivity index (χ1) is 5.89. The zero-order valence-electron chi connectivity index (χ0n) is 9.26. The van der Waals surface area contributed by atoms with Crippen LogP contribution >= 0.6 is 0 Å². The average molecular weight is 182 g/mol. The second-order valence-corrected chi connectivity index (χ2v) is 4.46. The second-order valence-electron chi connectivity index (χ2n) is 4.46. The molecule has 1 heterocycles. The molecule has 0 spiro atoms. The Labute approximate surface area is 81.4 Å². The van der Waals surface area contributed by atoms with Crippen LogP contribution in [0.5, 0.6) is 0 Å². The van der Waals surface area contributed by atoms with Crippen molar-refractivity contribution >= 4 is 7.12 Å². The van der Waals surface area contributed by atoms with E-state index in [-0.39, 0.29) is 18.3 Å². The molecule has 2 nitrogen and oxygen atoms in total. The first-order valence-corrected chi connectivity index (χ1v) is 4.91. The van der Waals surface area contributed by atoms with Gasteiger partial charge in [0.05, 0.1) is 11.2 Å². The van der Waals surface area contributed by atoms with Gasteiger partial charge in [0.2, 0.25) is 0 Å². The van der Waals surface area contributed by atoms with E-state index in [1.807, 2.05) is 5.98 Å². The molecule has 0 aliphatic carbocycles. The number of allylic oxidation sites excluding steroid dienone is 1. The lowest BCUT2D eigenvalue weighted by molar-refractivity contribution is 0.00578. The van der Waals surface area contributed by atoms with E-state index in [0.717, 1.165) is 6.42 Å². The molecule has 1 aliphatic rings. The number of rotatable bonds is 2. The smallest absolute Gasteiger partial charge is 0.400 e. The quantitative estimate of drug-likeness (QED) is 0.611. The standard InChI is InChI=1S/C10H19BO2/c1-6-7-8-11-12-9(2,3)10(4,5)13-11/h7-8H,6H2,1-5H3. The van der Waals surface area contributed by atoms with E-state index in [1.165, 1.54) is 0 Å². The van der Waals surface area contributed by atoms with E-state index in [4.69, 9.17) is 9.31 Å². The Morgan fingerprint density at radius 2 is 1.54 bits per heavy atom. The van der Waals surface area contributed by atoms with E-state index >= 15 is 0 Å². The van der Waals surface area contributed by atoms with Gasteiger partial charge in [-0.25, -0.2) is 0 Å². The molecule has 74 valence electrons. The van der Waals surface area contributed by atoms with E-state index in [0.29, 0.717) is 0 Å². The van der Waals surface area contributed by atoms with Crippen molar-refractivity contribution in [2.75, 3.05) is 0 Å². The van der Waals surface area contributed by atoms with Crippen LogP contribution in [0.1, 0.15) is 41.0 Å². The Kier molecular flexibility index (Phi) is 2.88. The maximum absolute atomic E-state index is 5.76. The van der Waals surface area contributed by atoms with Crippen LogP contribution in [0, 0.1) is 0 Å². The van der Waals surface area contributed by atoms with Gasteiger partial charge in [-0.1, -0.05) is 19.0 Å². The van der Waals surface area contributed by atoms with E-state index in [2.05, 4.69) is 40.7 Å². The van der Waals surface area contributed by atoms with E-state index in [9.17, 15) is 0 Å². The number of hydrogen-bond donors (Lipinski definition) is 0. The topological polar surface area (TPSA) is 18.5 Å². The fourth-order valence-electron chi connectivity index (χ4n) is 1.21. The molecule has 0 unspecified atom stereocenters. The Hall–Kier alpha value is -0.275. The normalized spacial score (nSPS) is 25.8. The van der Waals surface area contributed by atoms with Crippen LogP contribution in [0.2, 0.25) is 0 Å². The van der Waals surface area contributed by atoms with Crippen molar-refractivity contribution in [2.24, 2.45) is 0 Å². The molecule has 0 bridgehead atoms. The highest BCUT2D eigenvalue weighted by Crippen LogP contribution is 2.36. The SMILES string of the molecule is CCC=CB1OC(C)(C)C(C)(C)O1. The Morgan fingerprint density at radius 1 is 1.08 bits per heavy atom. The summed E-state index contributed by atoms with van der Waals surface area (Å²) < 4.78 is 11.5. The van der Waals surface area contributed by atoms with Crippen LogP contribution in [0.4, 0.5) is 0 Å².